The lowest BCUT2D eigenvalue weighted by atomic mass is 10.1. The standard InChI is InChI=1S/C8H8N4O/c9-12-10-5-7-1-3-8(4-2-7)6-11-13/h1-4H,5-6H2. The summed E-state index contributed by atoms with van der Waals surface area (Å²) in [5.74, 6) is 0. The van der Waals surface area contributed by atoms with Crippen molar-refractivity contribution in [3.63, 3.8) is 0 Å². The van der Waals surface area contributed by atoms with Crippen molar-refractivity contribution in [2.75, 3.05) is 0 Å². The number of rotatable bonds is 4. The van der Waals surface area contributed by atoms with Crippen molar-refractivity contribution in [2.24, 2.45) is 10.3 Å². The first kappa shape index (κ1) is 9.22. The van der Waals surface area contributed by atoms with Crippen molar-refractivity contribution in [3.8, 4) is 0 Å². The molecule has 0 spiro atoms. The van der Waals surface area contributed by atoms with Gasteiger partial charge in [-0.2, -0.15) is 4.91 Å². The Morgan fingerprint density at radius 2 is 1.69 bits per heavy atom. The first-order valence-corrected chi connectivity index (χ1v) is 3.74. The van der Waals surface area contributed by atoms with E-state index in [2.05, 4.69) is 15.2 Å². The van der Waals surface area contributed by atoms with Crippen LogP contribution in [0.25, 0.3) is 10.4 Å². The first-order valence-electron chi connectivity index (χ1n) is 3.74. The predicted molar refractivity (Wildman–Crippen MR) is 48.8 cm³/mol. The monoisotopic (exact) mass is 176 g/mol. The van der Waals surface area contributed by atoms with Crippen LogP contribution in [-0.2, 0) is 13.1 Å². The van der Waals surface area contributed by atoms with Gasteiger partial charge in [-0.25, -0.2) is 0 Å². The Balaban J connectivity index is 2.68. The first-order chi connectivity index (χ1) is 6.36. The summed E-state index contributed by atoms with van der Waals surface area (Å²) < 4.78 is 0. The fourth-order valence-electron chi connectivity index (χ4n) is 0.938. The molecule has 13 heavy (non-hydrogen) atoms. The third kappa shape index (κ3) is 2.92. The van der Waals surface area contributed by atoms with E-state index in [4.69, 9.17) is 5.53 Å². The van der Waals surface area contributed by atoms with Gasteiger partial charge in [0.05, 0.1) is 6.54 Å². The van der Waals surface area contributed by atoms with Gasteiger partial charge in [0.1, 0.15) is 6.54 Å². The summed E-state index contributed by atoms with van der Waals surface area (Å²) >= 11 is 0. The van der Waals surface area contributed by atoms with E-state index in [-0.39, 0.29) is 6.54 Å². The Bertz CT molecular complexity index is 327. The van der Waals surface area contributed by atoms with Gasteiger partial charge in [0.2, 0.25) is 0 Å². The third-order valence-corrected chi connectivity index (χ3v) is 1.59. The summed E-state index contributed by atoms with van der Waals surface area (Å²) in [4.78, 5) is 12.6. The molecular weight excluding hydrogens is 168 g/mol. The summed E-state index contributed by atoms with van der Waals surface area (Å²) in [5, 5.41) is 6.18. The molecule has 0 N–H and O–H groups in total. The number of nitrogens with zero attached hydrogens (tertiary/aromatic N) is 4. The van der Waals surface area contributed by atoms with Gasteiger partial charge in [-0.15, -0.1) is 0 Å². The minimum absolute atomic E-state index is 0.182. The van der Waals surface area contributed by atoms with Crippen LogP contribution in [0.15, 0.2) is 34.6 Å². The van der Waals surface area contributed by atoms with Gasteiger partial charge in [-0.05, 0) is 16.7 Å². The zero-order valence-corrected chi connectivity index (χ0v) is 6.92. The highest BCUT2D eigenvalue weighted by Crippen LogP contribution is 2.06. The molecule has 0 aliphatic heterocycles. The molecule has 0 saturated heterocycles. The molecular formula is C8H8N4O. The van der Waals surface area contributed by atoms with Crippen LogP contribution in [0.5, 0.6) is 0 Å². The number of benzene rings is 1. The molecule has 0 aliphatic rings. The molecule has 1 aromatic rings. The minimum atomic E-state index is 0.182. The molecule has 0 atom stereocenters. The molecule has 1 rings (SSSR count). The van der Waals surface area contributed by atoms with E-state index >= 15 is 0 Å². The van der Waals surface area contributed by atoms with Gasteiger partial charge < -0.3 is 0 Å². The van der Waals surface area contributed by atoms with Crippen molar-refractivity contribution in [1.29, 1.82) is 0 Å². The maximum absolute atomic E-state index is 9.91. The summed E-state index contributed by atoms with van der Waals surface area (Å²) in [5.41, 5.74) is 9.85. The second kappa shape index (κ2) is 4.90. The Hall–Kier alpha value is -1.87. The van der Waals surface area contributed by atoms with Crippen LogP contribution in [0.1, 0.15) is 11.1 Å². The SMILES string of the molecule is [N-]=[N+]=NCc1ccc(CN=O)cc1. The summed E-state index contributed by atoms with van der Waals surface area (Å²) in [6.07, 6.45) is 0. The lowest BCUT2D eigenvalue weighted by molar-refractivity contribution is 1.02. The second-order valence-corrected chi connectivity index (χ2v) is 2.49. The van der Waals surface area contributed by atoms with Crippen molar-refractivity contribution in [2.45, 2.75) is 13.1 Å². The fourth-order valence-corrected chi connectivity index (χ4v) is 0.938. The van der Waals surface area contributed by atoms with Crippen LogP contribution in [0.4, 0.5) is 0 Å². The van der Waals surface area contributed by atoms with Crippen LogP contribution in [0, 0.1) is 4.91 Å². The van der Waals surface area contributed by atoms with E-state index in [1.54, 1.807) is 12.1 Å². The Morgan fingerprint density at radius 1 is 1.15 bits per heavy atom. The van der Waals surface area contributed by atoms with E-state index < -0.39 is 0 Å². The van der Waals surface area contributed by atoms with E-state index in [1.807, 2.05) is 12.1 Å². The van der Waals surface area contributed by atoms with Gasteiger partial charge in [0.25, 0.3) is 0 Å². The molecule has 5 heteroatoms. The zero-order chi connectivity index (χ0) is 9.52. The van der Waals surface area contributed by atoms with Crippen LogP contribution in [0.3, 0.4) is 0 Å². The lowest BCUT2D eigenvalue weighted by Gasteiger charge is -1.96. The number of azide groups is 1. The summed E-state index contributed by atoms with van der Waals surface area (Å²) in [6, 6.07) is 7.22. The van der Waals surface area contributed by atoms with Gasteiger partial charge in [-0.1, -0.05) is 34.6 Å². The molecule has 0 fully saturated rings. The molecule has 66 valence electrons. The molecule has 0 radical (unpaired) electrons. The molecule has 0 bridgehead atoms. The van der Waals surface area contributed by atoms with Gasteiger partial charge >= 0.3 is 0 Å². The van der Waals surface area contributed by atoms with E-state index in [0.717, 1.165) is 11.1 Å². The van der Waals surface area contributed by atoms with E-state index in [0.29, 0.717) is 6.54 Å². The predicted octanol–water partition coefficient (Wildman–Crippen LogP) is 2.76. The normalized spacial score (nSPS) is 8.92. The van der Waals surface area contributed by atoms with Crippen molar-refractivity contribution in [1.82, 2.24) is 0 Å². The van der Waals surface area contributed by atoms with Crippen molar-refractivity contribution < 1.29 is 0 Å². The molecule has 0 amide bonds. The molecule has 0 heterocycles. The summed E-state index contributed by atoms with van der Waals surface area (Å²) in [6.45, 7) is 0.521. The Morgan fingerprint density at radius 3 is 2.15 bits per heavy atom. The van der Waals surface area contributed by atoms with Crippen LogP contribution >= 0.6 is 0 Å². The average Bonchev–Trinajstić information content (AvgIpc) is 2.17. The van der Waals surface area contributed by atoms with Crippen LogP contribution in [0.2, 0.25) is 0 Å². The summed E-state index contributed by atoms with van der Waals surface area (Å²) in [7, 11) is 0. The highest BCUT2D eigenvalue weighted by Gasteiger charge is 1.92. The molecule has 0 aliphatic carbocycles. The van der Waals surface area contributed by atoms with Crippen molar-refractivity contribution >= 4 is 0 Å². The van der Waals surface area contributed by atoms with Gasteiger partial charge in [-0.3, -0.25) is 0 Å². The van der Waals surface area contributed by atoms with Gasteiger partial charge in [0.15, 0.2) is 0 Å². The third-order valence-electron chi connectivity index (χ3n) is 1.59. The fraction of sp³-hybridized carbons (Fsp3) is 0.250. The van der Waals surface area contributed by atoms with Crippen LogP contribution in [-0.4, -0.2) is 0 Å². The average molecular weight is 176 g/mol. The maximum atomic E-state index is 9.91. The largest absolute Gasteiger partial charge is 0.150 e. The number of hydrogen-bond donors (Lipinski definition) is 0. The van der Waals surface area contributed by atoms with Crippen molar-refractivity contribution in [3.05, 3.63) is 50.7 Å². The number of hydrogen-bond acceptors (Lipinski definition) is 3. The Kier molecular flexibility index (Phi) is 3.47. The van der Waals surface area contributed by atoms with Crippen LogP contribution < -0.4 is 0 Å². The topological polar surface area (TPSA) is 78.2 Å². The smallest absolute Gasteiger partial charge is 0.106 e. The molecule has 0 unspecified atom stereocenters. The molecule has 0 aromatic heterocycles. The zero-order valence-electron chi connectivity index (χ0n) is 6.92. The molecule has 0 saturated carbocycles. The quantitative estimate of drug-likeness (QED) is 0.300. The van der Waals surface area contributed by atoms with Gasteiger partial charge in [0, 0.05) is 4.91 Å². The lowest BCUT2D eigenvalue weighted by Crippen LogP contribution is -1.83. The highest BCUT2D eigenvalue weighted by molar-refractivity contribution is 5.22. The second-order valence-electron chi connectivity index (χ2n) is 2.49. The van der Waals surface area contributed by atoms with E-state index in [1.165, 1.54) is 0 Å². The minimum Gasteiger partial charge on any atom is -0.150 e. The Labute approximate surface area is 75.0 Å². The number of nitroso groups, excluding NO2 is 1. The van der Waals surface area contributed by atoms with E-state index in [9.17, 15) is 4.91 Å². The maximum Gasteiger partial charge on any atom is 0.106 e. The molecule has 1 aromatic carbocycles. The molecule has 5 nitrogen and oxygen atoms in total. The highest BCUT2D eigenvalue weighted by atomic mass is 16.3.